The molecule has 1 unspecified atom stereocenters. The van der Waals surface area contributed by atoms with Crippen LogP contribution in [0.2, 0.25) is 0 Å². The van der Waals surface area contributed by atoms with Crippen molar-refractivity contribution in [3.63, 3.8) is 0 Å². The molecule has 0 aliphatic carbocycles. The molecule has 2 aliphatic rings. The first-order chi connectivity index (χ1) is 13.6. The second-order valence-electron chi connectivity index (χ2n) is 7.19. The topological polar surface area (TPSA) is 69.7 Å². The Hall–Kier alpha value is -1.89. The molecule has 2 aliphatic heterocycles. The van der Waals surface area contributed by atoms with Crippen molar-refractivity contribution in [2.75, 3.05) is 19.6 Å². The number of hydrogen-bond donors (Lipinski definition) is 1. The standard InChI is InChI=1S/C21H26N3O3.In/c1-2-3-5-11-18-16-23(21(27)19(25)12-8-13-22)14-15-24(18)20(26)17-9-6-4-7-10-17;/h4,6-10,13,18,22H,2-3,5,11,14-16H2,1H3;/q-1;+1. The van der Waals surface area contributed by atoms with E-state index >= 15 is 0 Å². The molecule has 2 heterocycles. The van der Waals surface area contributed by atoms with E-state index in [1.54, 1.807) is 17.2 Å². The van der Waals surface area contributed by atoms with Crippen molar-refractivity contribution in [3.8, 4) is 0 Å². The minimum atomic E-state index is -1.33. The summed E-state index contributed by atoms with van der Waals surface area (Å²) in [6.45, 7) is 3.46. The van der Waals surface area contributed by atoms with Crippen molar-refractivity contribution in [2.24, 2.45) is 0 Å². The van der Waals surface area contributed by atoms with E-state index in [-0.39, 0.29) is 17.7 Å². The van der Waals surface area contributed by atoms with Gasteiger partial charge >= 0.3 is 178 Å². The average molecular weight is 483 g/mol. The van der Waals surface area contributed by atoms with Crippen LogP contribution in [0.4, 0.5) is 0 Å². The number of carbonyl (C=O) groups is 3. The Balaban J connectivity index is 1.71. The van der Waals surface area contributed by atoms with Gasteiger partial charge < -0.3 is 0 Å². The van der Waals surface area contributed by atoms with Gasteiger partial charge in [-0.25, -0.2) is 0 Å². The van der Waals surface area contributed by atoms with Gasteiger partial charge in [-0.3, -0.25) is 0 Å². The first-order valence-corrected chi connectivity index (χ1v) is 13.2. The molecule has 7 heteroatoms. The van der Waals surface area contributed by atoms with Crippen LogP contribution in [0.25, 0.3) is 0 Å². The van der Waals surface area contributed by atoms with Crippen LogP contribution in [0.5, 0.6) is 0 Å². The Morgan fingerprint density at radius 3 is 2.61 bits per heavy atom. The summed E-state index contributed by atoms with van der Waals surface area (Å²) in [5.41, 5.74) is 0.671. The zero-order valence-electron chi connectivity index (χ0n) is 16.3. The van der Waals surface area contributed by atoms with Gasteiger partial charge in [0.05, 0.1) is 0 Å². The van der Waals surface area contributed by atoms with Gasteiger partial charge in [0.25, 0.3) is 0 Å². The molecule has 1 atom stereocenters. The Morgan fingerprint density at radius 2 is 1.93 bits per heavy atom. The SMILES string of the molecule is CCCCCC1CN(C(=O)C(=O)[C]2=[In][NH]C=C2)CCN1C(=O)c1ccccc1. The first-order valence-electron chi connectivity index (χ1n) is 9.94. The summed E-state index contributed by atoms with van der Waals surface area (Å²) >= 11 is -1.33. The Bertz CT molecular complexity index is 791. The molecular formula is C21H26InN3O3. The fraction of sp³-hybridized carbons (Fsp3) is 0.429. The number of nitrogens with one attached hydrogen (secondary N) is 1. The number of allylic oxidation sites excluding steroid dienone is 1. The van der Waals surface area contributed by atoms with E-state index in [1.165, 1.54) is 0 Å². The van der Waals surface area contributed by atoms with E-state index in [0.29, 0.717) is 28.5 Å². The number of ketones is 1. The van der Waals surface area contributed by atoms with E-state index in [9.17, 15) is 14.4 Å². The molecule has 1 aromatic carbocycles. The molecule has 1 fully saturated rings. The van der Waals surface area contributed by atoms with Crippen LogP contribution < -0.4 is 3.30 Å². The van der Waals surface area contributed by atoms with Gasteiger partial charge in [-0.2, -0.15) is 0 Å². The van der Waals surface area contributed by atoms with Crippen LogP contribution in [0.15, 0.2) is 42.6 Å². The van der Waals surface area contributed by atoms with E-state index in [4.69, 9.17) is 0 Å². The molecule has 28 heavy (non-hydrogen) atoms. The molecule has 0 aromatic heterocycles. The Kier molecular flexibility index (Phi) is 7.48. The predicted molar refractivity (Wildman–Crippen MR) is 110 cm³/mol. The fourth-order valence-electron chi connectivity index (χ4n) is 3.66. The average Bonchev–Trinajstić information content (AvgIpc) is 3.28. The normalized spacial score (nSPS) is 18.3. The molecule has 0 spiro atoms. The summed E-state index contributed by atoms with van der Waals surface area (Å²) in [6, 6.07) is 9.23. The predicted octanol–water partition coefficient (Wildman–Crippen LogP) is 1.40. The summed E-state index contributed by atoms with van der Waals surface area (Å²) in [6.07, 6.45) is 7.57. The summed E-state index contributed by atoms with van der Waals surface area (Å²) in [5.74, 6) is -0.771. The number of unbranched alkanes of at least 4 members (excludes halogenated alkanes) is 2. The number of carbonyl (C=O) groups excluding carboxylic acids is 3. The summed E-state index contributed by atoms with van der Waals surface area (Å²) in [4.78, 5) is 41.8. The molecule has 0 saturated carbocycles. The molecule has 0 radical (unpaired) electrons. The molecule has 2 amide bonds. The fourth-order valence-corrected chi connectivity index (χ4v) is 6.00. The van der Waals surface area contributed by atoms with Crippen molar-refractivity contribution in [3.05, 3.63) is 48.2 Å². The first kappa shape index (κ1) is 20.8. The molecular weight excluding hydrogens is 457 g/mol. The van der Waals surface area contributed by atoms with E-state index in [2.05, 4.69) is 10.2 Å². The third kappa shape index (κ3) is 4.93. The maximum absolute atomic E-state index is 13.0. The number of amides is 2. The van der Waals surface area contributed by atoms with Gasteiger partial charge in [-0.1, -0.05) is 0 Å². The van der Waals surface area contributed by atoms with E-state index < -0.39 is 28.6 Å². The van der Waals surface area contributed by atoms with Crippen LogP contribution in [0.3, 0.4) is 0 Å². The third-order valence-corrected chi connectivity index (χ3v) is 8.46. The van der Waals surface area contributed by atoms with Crippen molar-refractivity contribution in [2.45, 2.75) is 38.6 Å². The van der Waals surface area contributed by atoms with Gasteiger partial charge in [0.2, 0.25) is 0 Å². The van der Waals surface area contributed by atoms with Crippen molar-refractivity contribution < 1.29 is 14.4 Å². The van der Waals surface area contributed by atoms with E-state index in [1.807, 2.05) is 35.2 Å². The zero-order chi connectivity index (χ0) is 19.9. The van der Waals surface area contributed by atoms with Gasteiger partial charge in [0.15, 0.2) is 0 Å². The zero-order valence-corrected chi connectivity index (χ0v) is 19.6. The van der Waals surface area contributed by atoms with Crippen LogP contribution in [0.1, 0.15) is 43.0 Å². The second kappa shape index (κ2) is 10.1. The van der Waals surface area contributed by atoms with Crippen LogP contribution in [-0.4, -0.2) is 79.0 Å². The monoisotopic (exact) mass is 483 g/mol. The second-order valence-corrected chi connectivity index (χ2v) is 10.7. The summed E-state index contributed by atoms with van der Waals surface area (Å²) in [5, 5.41) is 0. The minimum absolute atomic E-state index is 0.00737. The number of piperazine rings is 1. The number of hydrogen-bond acceptors (Lipinski definition) is 4. The van der Waals surface area contributed by atoms with Gasteiger partial charge in [-0.05, 0) is 0 Å². The number of nitrogens with zero attached hydrogens (tertiary/aromatic N) is 2. The van der Waals surface area contributed by atoms with Crippen molar-refractivity contribution in [1.82, 2.24) is 13.1 Å². The molecule has 1 saturated heterocycles. The number of benzene rings is 1. The molecule has 6 nitrogen and oxygen atoms in total. The third-order valence-electron chi connectivity index (χ3n) is 5.25. The quantitative estimate of drug-likeness (QED) is 0.471. The van der Waals surface area contributed by atoms with Crippen LogP contribution >= 0.6 is 0 Å². The van der Waals surface area contributed by atoms with Crippen LogP contribution in [-0.2, 0) is 9.59 Å². The van der Waals surface area contributed by atoms with Crippen molar-refractivity contribution >= 4 is 43.6 Å². The van der Waals surface area contributed by atoms with Gasteiger partial charge in [-0.15, -0.1) is 0 Å². The van der Waals surface area contributed by atoms with Gasteiger partial charge in [0, 0.05) is 0 Å². The maximum atomic E-state index is 13.0. The molecule has 146 valence electrons. The van der Waals surface area contributed by atoms with E-state index in [0.717, 1.165) is 25.7 Å². The Morgan fingerprint density at radius 1 is 1.14 bits per heavy atom. The molecule has 3 rings (SSSR count). The summed E-state index contributed by atoms with van der Waals surface area (Å²) in [7, 11) is 0. The van der Waals surface area contributed by atoms with Gasteiger partial charge in [0.1, 0.15) is 0 Å². The van der Waals surface area contributed by atoms with Crippen LogP contribution in [0, 0.1) is 0 Å². The number of Topliss-reactive ketones (excluding diaryl/α,β-unsaturated/α-hetero) is 1. The summed E-state index contributed by atoms with van der Waals surface area (Å²) < 4.78 is 3.81. The van der Waals surface area contributed by atoms with Crippen molar-refractivity contribution in [1.29, 1.82) is 0 Å². The Labute approximate surface area is 177 Å². The molecule has 1 N–H and O–H groups in total. The molecule has 0 bridgehead atoms. The molecule has 1 aromatic rings. The number of rotatable bonds is 7.